The van der Waals surface area contributed by atoms with Crippen LogP contribution < -0.4 is 0 Å². The van der Waals surface area contributed by atoms with Crippen LogP contribution in [0.3, 0.4) is 0 Å². The van der Waals surface area contributed by atoms with Gasteiger partial charge in [-0.25, -0.2) is 4.68 Å². The van der Waals surface area contributed by atoms with Crippen molar-refractivity contribution in [2.24, 2.45) is 7.05 Å². The fourth-order valence-corrected chi connectivity index (χ4v) is 3.74. The van der Waals surface area contributed by atoms with Crippen molar-refractivity contribution in [3.8, 4) is 11.4 Å². The Morgan fingerprint density at radius 3 is 2.40 bits per heavy atom. The van der Waals surface area contributed by atoms with Crippen molar-refractivity contribution >= 4 is 0 Å². The Hall–Kier alpha value is -2.69. The van der Waals surface area contributed by atoms with E-state index in [9.17, 15) is 20.4 Å². The molecule has 1 aliphatic heterocycles. The van der Waals surface area contributed by atoms with Gasteiger partial charge in [-0.3, -0.25) is 0 Å². The Labute approximate surface area is 173 Å². The van der Waals surface area contributed by atoms with Gasteiger partial charge in [0, 0.05) is 12.6 Å². The van der Waals surface area contributed by atoms with Crippen molar-refractivity contribution in [1.82, 2.24) is 20.2 Å². The summed E-state index contributed by atoms with van der Waals surface area (Å²) in [6.45, 7) is -0.450. The maximum Gasteiger partial charge on any atom is 0.181 e. The number of tetrazole rings is 1. The highest BCUT2D eigenvalue weighted by molar-refractivity contribution is 5.55. The average Bonchev–Trinajstić information content (AvgIpc) is 3.19. The lowest BCUT2D eigenvalue weighted by Crippen LogP contribution is -2.55. The van der Waals surface area contributed by atoms with Crippen molar-refractivity contribution in [3.63, 3.8) is 0 Å². The molecule has 2 heterocycles. The number of benzene rings is 2. The molecule has 1 aromatic heterocycles. The summed E-state index contributed by atoms with van der Waals surface area (Å²) >= 11 is 0. The van der Waals surface area contributed by atoms with Gasteiger partial charge in [-0.15, -0.1) is 5.10 Å². The standard InChI is InChI=1S/C21H24N4O5/c1-25-21(22-23-24-25)14-7-5-12(6-8-14)9-13-3-2-4-15(10-13)20-19(29)18(28)17(27)16(11-26)30-20/h2-8,10,16-20,26-29H,9,11H2,1H3/t16-,17-,18+,19-,20+/m1/s1. The van der Waals surface area contributed by atoms with E-state index in [-0.39, 0.29) is 0 Å². The van der Waals surface area contributed by atoms with E-state index >= 15 is 0 Å². The number of ether oxygens (including phenoxy) is 1. The average molecular weight is 412 g/mol. The molecule has 2 aromatic carbocycles. The van der Waals surface area contributed by atoms with Crippen molar-refractivity contribution in [2.45, 2.75) is 36.9 Å². The first kappa shape index (κ1) is 20.6. The molecule has 1 fully saturated rings. The molecular formula is C21H24N4O5. The number of aryl methyl sites for hydroxylation is 1. The van der Waals surface area contributed by atoms with Crippen LogP contribution in [0.1, 0.15) is 22.8 Å². The van der Waals surface area contributed by atoms with Crippen LogP contribution in [0.2, 0.25) is 0 Å². The van der Waals surface area contributed by atoms with E-state index < -0.39 is 37.1 Å². The predicted molar refractivity (Wildman–Crippen MR) is 106 cm³/mol. The van der Waals surface area contributed by atoms with Gasteiger partial charge in [0.1, 0.15) is 30.5 Å². The smallest absolute Gasteiger partial charge is 0.181 e. The van der Waals surface area contributed by atoms with Gasteiger partial charge >= 0.3 is 0 Å². The predicted octanol–water partition coefficient (Wildman–Crippen LogP) is -0.0172. The Kier molecular flexibility index (Phi) is 5.89. The van der Waals surface area contributed by atoms with E-state index in [1.54, 1.807) is 17.8 Å². The fraction of sp³-hybridized carbons (Fsp3) is 0.381. The van der Waals surface area contributed by atoms with Crippen molar-refractivity contribution in [3.05, 3.63) is 65.2 Å². The minimum Gasteiger partial charge on any atom is -0.394 e. The van der Waals surface area contributed by atoms with Crippen molar-refractivity contribution in [1.29, 1.82) is 0 Å². The molecule has 9 nitrogen and oxygen atoms in total. The molecule has 0 spiro atoms. The Bertz CT molecular complexity index is 991. The Morgan fingerprint density at radius 2 is 1.73 bits per heavy atom. The highest BCUT2D eigenvalue weighted by atomic mass is 16.5. The SMILES string of the molecule is Cn1nnnc1-c1ccc(Cc2cccc([C@@H]3O[C@H](CO)[C@@H](O)[C@H](O)[C@H]3O)c2)cc1. The maximum atomic E-state index is 10.4. The van der Waals surface area contributed by atoms with E-state index in [0.717, 1.165) is 16.7 Å². The van der Waals surface area contributed by atoms with Crippen LogP contribution in [-0.2, 0) is 18.2 Å². The lowest BCUT2D eigenvalue weighted by molar-refractivity contribution is -0.231. The quantitative estimate of drug-likeness (QED) is 0.460. The summed E-state index contributed by atoms with van der Waals surface area (Å²) in [6, 6.07) is 15.4. The summed E-state index contributed by atoms with van der Waals surface area (Å²) in [7, 11) is 1.79. The molecule has 30 heavy (non-hydrogen) atoms. The molecule has 158 valence electrons. The first-order valence-corrected chi connectivity index (χ1v) is 9.69. The normalized spacial score (nSPS) is 26.6. The van der Waals surface area contributed by atoms with Crippen LogP contribution in [0.4, 0.5) is 0 Å². The third-order valence-corrected chi connectivity index (χ3v) is 5.41. The minimum absolute atomic E-state index is 0.450. The molecule has 0 amide bonds. The monoisotopic (exact) mass is 412 g/mol. The molecule has 0 unspecified atom stereocenters. The molecule has 1 saturated heterocycles. The van der Waals surface area contributed by atoms with Gasteiger partial charge in [-0.1, -0.05) is 48.5 Å². The molecule has 0 bridgehead atoms. The molecule has 1 aliphatic rings. The van der Waals surface area contributed by atoms with E-state index in [4.69, 9.17) is 4.74 Å². The molecule has 4 N–H and O–H groups in total. The Morgan fingerprint density at radius 1 is 0.967 bits per heavy atom. The minimum atomic E-state index is -1.40. The third kappa shape index (κ3) is 3.98. The highest BCUT2D eigenvalue weighted by Crippen LogP contribution is 2.33. The van der Waals surface area contributed by atoms with Crippen LogP contribution in [0.15, 0.2) is 48.5 Å². The van der Waals surface area contributed by atoms with Gasteiger partial charge in [0.15, 0.2) is 5.82 Å². The molecule has 0 saturated carbocycles. The number of aromatic nitrogens is 4. The van der Waals surface area contributed by atoms with Crippen molar-refractivity contribution in [2.75, 3.05) is 6.61 Å². The summed E-state index contributed by atoms with van der Waals surface area (Å²) in [4.78, 5) is 0. The molecular weight excluding hydrogens is 388 g/mol. The van der Waals surface area contributed by atoms with E-state index in [0.29, 0.717) is 17.8 Å². The van der Waals surface area contributed by atoms with Crippen molar-refractivity contribution < 1.29 is 25.2 Å². The van der Waals surface area contributed by atoms with Crippen LogP contribution in [0.5, 0.6) is 0 Å². The van der Waals surface area contributed by atoms with Crippen LogP contribution in [0, 0.1) is 0 Å². The van der Waals surface area contributed by atoms with Crippen LogP contribution in [-0.4, -0.2) is 71.7 Å². The number of hydrogen-bond donors (Lipinski definition) is 4. The zero-order valence-electron chi connectivity index (χ0n) is 16.4. The second-order valence-electron chi connectivity index (χ2n) is 7.49. The van der Waals surface area contributed by atoms with Crippen LogP contribution in [0.25, 0.3) is 11.4 Å². The van der Waals surface area contributed by atoms with Gasteiger partial charge in [0.25, 0.3) is 0 Å². The molecule has 9 heteroatoms. The largest absolute Gasteiger partial charge is 0.394 e. The van der Waals surface area contributed by atoms with Gasteiger partial charge in [-0.05, 0) is 33.5 Å². The second-order valence-corrected chi connectivity index (χ2v) is 7.49. The molecule has 0 radical (unpaired) electrons. The van der Waals surface area contributed by atoms with Gasteiger partial charge < -0.3 is 25.2 Å². The van der Waals surface area contributed by atoms with Gasteiger partial charge in [0.05, 0.1) is 6.61 Å². The first-order valence-electron chi connectivity index (χ1n) is 9.69. The first-order chi connectivity index (χ1) is 14.5. The topological polar surface area (TPSA) is 134 Å². The van der Waals surface area contributed by atoms with Crippen LogP contribution >= 0.6 is 0 Å². The molecule has 5 atom stereocenters. The zero-order chi connectivity index (χ0) is 21.3. The molecule has 4 rings (SSSR count). The number of rotatable bonds is 5. The Balaban J connectivity index is 1.52. The lowest BCUT2D eigenvalue weighted by Gasteiger charge is -2.40. The molecule has 0 aliphatic carbocycles. The van der Waals surface area contributed by atoms with E-state index in [2.05, 4.69) is 15.5 Å². The second kappa shape index (κ2) is 8.58. The number of aliphatic hydroxyl groups is 4. The highest BCUT2D eigenvalue weighted by Gasteiger charge is 2.43. The summed E-state index contributed by atoms with van der Waals surface area (Å²) < 4.78 is 7.27. The number of aliphatic hydroxyl groups excluding tert-OH is 4. The zero-order valence-corrected chi connectivity index (χ0v) is 16.4. The molecule has 3 aromatic rings. The van der Waals surface area contributed by atoms with Gasteiger partial charge in [-0.2, -0.15) is 0 Å². The van der Waals surface area contributed by atoms with E-state index in [1.165, 1.54) is 0 Å². The number of nitrogens with zero attached hydrogens (tertiary/aromatic N) is 4. The van der Waals surface area contributed by atoms with E-state index in [1.807, 2.05) is 42.5 Å². The lowest BCUT2D eigenvalue weighted by atomic mass is 9.90. The third-order valence-electron chi connectivity index (χ3n) is 5.41. The number of hydrogen-bond acceptors (Lipinski definition) is 8. The summed E-state index contributed by atoms with van der Waals surface area (Å²) in [5, 5.41) is 51.3. The summed E-state index contributed by atoms with van der Waals surface area (Å²) in [6.07, 6.45) is -5.18. The van der Waals surface area contributed by atoms with Gasteiger partial charge in [0.2, 0.25) is 0 Å². The summed E-state index contributed by atoms with van der Waals surface area (Å²) in [5.74, 6) is 0.686. The fourth-order valence-electron chi connectivity index (χ4n) is 3.74. The summed E-state index contributed by atoms with van der Waals surface area (Å²) in [5.41, 5.74) is 3.67. The maximum absolute atomic E-state index is 10.4.